The van der Waals surface area contributed by atoms with Crippen molar-refractivity contribution in [3.05, 3.63) is 34.9 Å². The Bertz CT molecular complexity index is 845. The molecule has 0 amide bonds. The van der Waals surface area contributed by atoms with Crippen molar-refractivity contribution >= 4 is 25.3 Å². The monoisotopic (exact) mass is 464 g/mol. The fourth-order valence-corrected chi connectivity index (χ4v) is 4.39. The highest BCUT2D eigenvalue weighted by molar-refractivity contribution is 7.57. The third-order valence-corrected chi connectivity index (χ3v) is 5.93. The number of carbonyl (C=O) groups is 3. The Kier molecular flexibility index (Phi) is 9.47. The summed E-state index contributed by atoms with van der Waals surface area (Å²) in [5.41, 5.74) is -4.82. The normalized spacial score (nSPS) is 12.9. The van der Waals surface area contributed by atoms with E-state index in [9.17, 15) is 27.7 Å². The van der Waals surface area contributed by atoms with Gasteiger partial charge in [-0.15, -0.1) is 0 Å². The first-order valence-corrected chi connectivity index (χ1v) is 11.2. The third-order valence-electron chi connectivity index (χ3n) is 3.62. The number of hydrogen-bond donors (Lipinski definition) is 0. The zero-order valence-corrected chi connectivity index (χ0v) is 19.2. The van der Waals surface area contributed by atoms with E-state index >= 15 is 0 Å². The molecule has 0 aromatic heterocycles. The average molecular weight is 464 g/mol. The Hall–Kier alpha value is -2.16. The second kappa shape index (κ2) is 10.9. The number of Topliss-reactive ketones (excluding diaryl/α,β-unsaturated/α-hetero) is 1. The molecule has 11 heteroatoms. The van der Waals surface area contributed by atoms with Gasteiger partial charge in [-0.3, -0.25) is 14.2 Å². The predicted octanol–water partition coefficient (Wildman–Crippen LogP) is 4.30. The maximum absolute atomic E-state index is 14.7. The average Bonchev–Trinajstić information content (AvgIpc) is 2.60. The lowest BCUT2D eigenvalue weighted by atomic mass is 10.0. The van der Waals surface area contributed by atoms with Crippen LogP contribution in [0.4, 0.5) is 8.78 Å². The van der Waals surface area contributed by atoms with Gasteiger partial charge in [-0.2, -0.15) is 0 Å². The fraction of sp³-hybridized carbons (Fsp3) is 0.550. The highest BCUT2D eigenvalue weighted by Gasteiger charge is 2.49. The van der Waals surface area contributed by atoms with Gasteiger partial charge < -0.3 is 18.5 Å². The first-order valence-electron chi connectivity index (χ1n) is 9.63. The van der Waals surface area contributed by atoms with Crippen LogP contribution in [0, 0.1) is 11.6 Å². The van der Waals surface area contributed by atoms with Gasteiger partial charge in [0, 0.05) is 0 Å². The lowest BCUT2D eigenvalue weighted by Gasteiger charge is -2.24. The molecule has 0 aliphatic heterocycles. The van der Waals surface area contributed by atoms with Crippen LogP contribution in [-0.2, 0) is 27.9 Å². The fourth-order valence-electron chi connectivity index (χ4n) is 2.55. The van der Waals surface area contributed by atoms with E-state index in [0.717, 1.165) is 0 Å². The Morgan fingerprint density at radius 1 is 0.968 bits per heavy atom. The zero-order valence-electron chi connectivity index (χ0n) is 18.3. The number of rotatable bonds is 10. The van der Waals surface area contributed by atoms with Crippen LogP contribution in [0.15, 0.2) is 12.1 Å². The molecule has 1 aromatic carbocycles. The van der Waals surface area contributed by atoms with Gasteiger partial charge in [-0.25, -0.2) is 13.6 Å². The topological polar surface area (TPSA) is 105 Å². The third kappa shape index (κ3) is 6.92. The van der Waals surface area contributed by atoms with Crippen LogP contribution < -0.4 is 0 Å². The second-order valence-electron chi connectivity index (χ2n) is 7.21. The maximum atomic E-state index is 14.7. The van der Waals surface area contributed by atoms with Crippen LogP contribution in [0.3, 0.4) is 0 Å². The molecule has 1 aromatic rings. The van der Waals surface area contributed by atoms with Gasteiger partial charge in [0.15, 0.2) is 5.78 Å². The van der Waals surface area contributed by atoms with Crippen LogP contribution in [0.5, 0.6) is 0 Å². The van der Waals surface area contributed by atoms with E-state index < -0.39 is 59.3 Å². The number of halogens is 2. The van der Waals surface area contributed by atoms with Crippen molar-refractivity contribution in [1.82, 2.24) is 0 Å². The van der Waals surface area contributed by atoms with Gasteiger partial charge in [0.25, 0.3) is 0 Å². The Balaban J connectivity index is 3.51. The van der Waals surface area contributed by atoms with Gasteiger partial charge in [-0.05, 0) is 53.7 Å². The highest BCUT2D eigenvalue weighted by atomic mass is 31.2. The molecule has 0 spiro atoms. The zero-order chi connectivity index (χ0) is 24.0. The van der Waals surface area contributed by atoms with Crippen LogP contribution >= 0.6 is 7.60 Å². The summed E-state index contributed by atoms with van der Waals surface area (Å²) in [6.45, 7) is 8.41. The molecule has 0 aliphatic carbocycles. The number of benzene rings is 1. The molecule has 0 fully saturated rings. The summed E-state index contributed by atoms with van der Waals surface area (Å²) in [4.78, 5) is 37.5. The SMILES string of the molecule is CCOC(=O)C(C(=O)c1c(F)cc(C(=O)OC(C)(C)C)cc1F)P(=O)(OCC)OCC. The van der Waals surface area contributed by atoms with Gasteiger partial charge >= 0.3 is 19.5 Å². The number of esters is 2. The minimum atomic E-state index is -4.48. The molecule has 0 aliphatic rings. The number of ether oxygens (including phenoxy) is 2. The van der Waals surface area contributed by atoms with E-state index in [2.05, 4.69) is 0 Å². The van der Waals surface area contributed by atoms with Gasteiger partial charge in [0.05, 0.1) is 30.9 Å². The number of hydrogen-bond acceptors (Lipinski definition) is 8. The van der Waals surface area contributed by atoms with Crippen LogP contribution in [-0.4, -0.2) is 48.8 Å². The maximum Gasteiger partial charge on any atom is 0.352 e. The summed E-state index contributed by atoms with van der Waals surface area (Å²) in [7, 11) is -4.48. The Morgan fingerprint density at radius 3 is 1.84 bits per heavy atom. The van der Waals surface area contributed by atoms with E-state index in [1.807, 2.05) is 0 Å². The lowest BCUT2D eigenvalue weighted by Crippen LogP contribution is -2.35. The quantitative estimate of drug-likeness (QED) is 0.218. The summed E-state index contributed by atoms with van der Waals surface area (Å²) < 4.78 is 62.5. The second-order valence-corrected chi connectivity index (χ2v) is 9.32. The van der Waals surface area contributed by atoms with Crippen LogP contribution in [0.1, 0.15) is 62.3 Å². The van der Waals surface area contributed by atoms with Crippen LogP contribution in [0.25, 0.3) is 0 Å². The summed E-state index contributed by atoms with van der Waals surface area (Å²) in [6, 6.07) is 1.19. The minimum Gasteiger partial charge on any atom is -0.465 e. The summed E-state index contributed by atoms with van der Waals surface area (Å²) >= 11 is 0. The number of ketones is 1. The van der Waals surface area contributed by atoms with E-state index in [1.54, 1.807) is 20.8 Å². The van der Waals surface area contributed by atoms with Gasteiger partial charge in [0.1, 0.15) is 17.2 Å². The standard InChI is InChI=1S/C20H27F2O8P/c1-7-27-19(25)17(31(26,28-8-2)29-9-3)16(23)15-13(21)10-12(11-14(15)22)18(24)30-20(4,5)6/h10-11,17H,7-9H2,1-6H3. The van der Waals surface area contributed by atoms with Crippen molar-refractivity contribution in [2.24, 2.45) is 0 Å². The molecule has 0 bridgehead atoms. The van der Waals surface area contributed by atoms with Crippen LogP contribution in [0.2, 0.25) is 0 Å². The van der Waals surface area contributed by atoms with Gasteiger partial charge in [0.2, 0.25) is 5.66 Å². The molecule has 8 nitrogen and oxygen atoms in total. The predicted molar refractivity (Wildman–Crippen MR) is 107 cm³/mol. The highest BCUT2D eigenvalue weighted by Crippen LogP contribution is 2.54. The largest absolute Gasteiger partial charge is 0.465 e. The van der Waals surface area contributed by atoms with Crippen molar-refractivity contribution in [3.63, 3.8) is 0 Å². The molecule has 31 heavy (non-hydrogen) atoms. The van der Waals surface area contributed by atoms with Crippen molar-refractivity contribution in [1.29, 1.82) is 0 Å². The first-order chi connectivity index (χ1) is 14.3. The molecule has 0 saturated carbocycles. The van der Waals surface area contributed by atoms with Crippen molar-refractivity contribution in [3.8, 4) is 0 Å². The van der Waals surface area contributed by atoms with E-state index in [4.69, 9.17) is 18.5 Å². The molecule has 1 rings (SSSR count). The van der Waals surface area contributed by atoms with E-state index in [1.165, 1.54) is 20.8 Å². The summed E-state index contributed by atoms with van der Waals surface area (Å²) in [5.74, 6) is -6.71. The molecular formula is C20H27F2O8P. The summed E-state index contributed by atoms with van der Waals surface area (Å²) in [6.07, 6.45) is 0. The molecule has 0 saturated heterocycles. The van der Waals surface area contributed by atoms with Crippen molar-refractivity contribution in [2.45, 2.75) is 52.8 Å². The van der Waals surface area contributed by atoms with Crippen molar-refractivity contribution < 1.29 is 46.3 Å². The molecule has 1 atom stereocenters. The summed E-state index contributed by atoms with van der Waals surface area (Å²) in [5, 5.41) is 0. The van der Waals surface area contributed by atoms with Gasteiger partial charge in [-0.1, -0.05) is 0 Å². The molecule has 174 valence electrons. The Morgan fingerprint density at radius 2 is 1.45 bits per heavy atom. The molecule has 0 heterocycles. The molecular weight excluding hydrogens is 437 g/mol. The minimum absolute atomic E-state index is 0.191. The molecule has 0 radical (unpaired) electrons. The van der Waals surface area contributed by atoms with E-state index in [-0.39, 0.29) is 19.8 Å². The first kappa shape index (κ1) is 26.9. The Labute approximate surface area is 179 Å². The molecule has 1 unspecified atom stereocenters. The van der Waals surface area contributed by atoms with Crippen molar-refractivity contribution in [2.75, 3.05) is 19.8 Å². The van der Waals surface area contributed by atoms with E-state index in [0.29, 0.717) is 12.1 Å². The molecule has 0 N–H and O–H groups in total. The number of carbonyl (C=O) groups excluding carboxylic acids is 3. The lowest BCUT2D eigenvalue weighted by molar-refractivity contribution is -0.142. The smallest absolute Gasteiger partial charge is 0.352 e.